The lowest BCUT2D eigenvalue weighted by Crippen LogP contribution is -2.27. The van der Waals surface area contributed by atoms with Crippen LogP contribution in [-0.4, -0.2) is 24.0 Å². The van der Waals surface area contributed by atoms with Crippen molar-refractivity contribution in [2.45, 2.75) is 20.3 Å². The molecule has 4 rings (SSSR count). The van der Waals surface area contributed by atoms with E-state index in [0.717, 1.165) is 32.3 Å². The number of hydrogen-bond acceptors (Lipinski definition) is 5. The number of benzene rings is 3. The van der Waals surface area contributed by atoms with E-state index in [1.165, 1.54) is 7.11 Å². The highest BCUT2D eigenvalue weighted by Gasteiger charge is 2.30. The van der Waals surface area contributed by atoms with Crippen LogP contribution in [0.5, 0.6) is 0 Å². The summed E-state index contributed by atoms with van der Waals surface area (Å²) in [5, 5.41) is 3.83. The summed E-state index contributed by atoms with van der Waals surface area (Å²) in [5.41, 5.74) is 3.88. The molecule has 6 heteroatoms. The number of carbonyl (C=O) groups is 2. The fourth-order valence-corrected chi connectivity index (χ4v) is 4.77. The van der Waals surface area contributed by atoms with E-state index in [9.17, 15) is 9.59 Å². The van der Waals surface area contributed by atoms with Crippen molar-refractivity contribution >= 4 is 28.9 Å². The van der Waals surface area contributed by atoms with E-state index in [0.29, 0.717) is 12.0 Å². The average Bonchev–Trinajstić information content (AvgIpc) is 3.32. The number of methoxy groups -OCH3 is 1. The molecule has 1 aromatic heterocycles. The predicted molar refractivity (Wildman–Crippen MR) is 137 cm³/mol. The zero-order valence-electron chi connectivity index (χ0n) is 19.4. The van der Waals surface area contributed by atoms with Crippen LogP contribution in [0.1, 0.15) is 29.2 Å². The third-order valence-corrected chi connectivity index (χ3v) is 6.61. The largest absolute Gasteiger partial charge is 0.469 e. The minimum atomic E-state index is -0.628. The summed E-state index contributed by atoms with van der Waals surface area (Å²) in [6.07, 6.45) is 2.33. The minimum absolute atomic E-state index is 0.155. The Labute approximate surface area is 203 Å². The Morgan fingerprint density at radius 1 is 0.882 bits per heavy atom. The molecular weight excluding hydrogens is 444 g/mol. The van der Waals surface area contributed by atoms with Crippen molar-refractivity contribution in [1.29, 1.82) is 0 Å². The van der Waals surface area contributed by atoms with E-state index in [-0.39, 0.29) is 11.9 Å². The Kier molecular flexibility index (Phi) is 6.89. The molecule has 0 spiro atoms. The lowest BCUT2D eigenvalue weighted by atomic mass is 9.90. The molecule has 0 saturated carbocycles. The maximum Gasteiger partial charge on any atom is 0.311 e. The molecular formula is C28H26N2O3S. The number of carbonyl (C=O) groups excluding carboxylic acids is 2. The monoisotopic (exact) mass is 470 g/mol. The number of thiazole rings is 1. The van der Waals surface area contributed by atoms with Crippen LogP contribution in [0.4, 0.5) is 5.69 Å². The number of nitrogens with zero attached hydrogens (tertiary/aromatic N) is 1. The van der Waals surface area contributed by atoms with Crippen LogP contribution >= 0.6 is 11.3 Å². The van der Waals surface area contributed by atoms with Crippen molar-refractivity contribution in [2.75, 3.05) is 12.4 Å². The fraction of sp³-hybridized carbons (Fsp3) is 0.179. The summed E-state index contributed by atoms with van der Waals surface area (Å²) in [4.78, 5) is 30.1. The lowest BCUT2D eigenvalue weighted by molar-refractivity contribution is -0.150. The Balaban J connectivity index is 1.40. The van der Waals surface area contributed by atoms with Gasteiger partial charge in [-0.25, -0.2) is 4.98 Å². The van der Waals surface area contributed by atoms with Gasteiger partial charge in [0.15, 0.2) is 0 Å². The summed E-state index contributed by atoms with van der Waals surface area (Å²) in [6.45, 7) is 3.71. The van der Waals surface area contributed by atoms with Gasteiger partial charge < -0.3 is 10.1 Å². The summed E-state index contributed by atoms with van der Waals surface area (Å²) in [6, 6.07) is 25.3. The van der Waals surface area contributed by atoms with Gasteiger partial charge in [0.1, 0.15) is 0 Å². The number of hydrogen-bond donors (Lipinski definition) is 1. The summed E-state index contributed by atoms with van der Waals surface area (Å²) in [5.74, 6) is -0.406. The van der Waals surface area contributed by atoms with E-state index in [1.54, 1.807) is 11.3 Å². The Bertz CT molecular complexity index is 1280. The molecule has 4 aromatic rings. The third kappa shape index (κ3) is 5.41. The third-order valence-electron chi connectivity index (χ3n) is 5.57. The van der Waals surface area contributed by atoms with Gasteiger partial charge in [0.2, 0.25) is 0 Å². The molecule has 0 atom stereocenters. The van der Waals surface area contributed by atoms with Crippen LogP contribution in [0.15, 0.2) is 85.1 Å². The van der Waals surface area contributed by atoms with Gasteiger partial charge in [0, 0.05) is 23.9 Å². The van der Waals surface area contributed by atoms with Gasteiger partial charge in [0.05, 0.1) is 22.4 Å². The number of anilines is 1. The first-order chi connectivity index (χ1) is 16.4. The van der Waals surface area contributed by atoms with E-state index < -0.39 is 5.41 Å². The standard InChI is InChI=1S/C28H26N2O3S/c1-28(2,27(32)33-3)17-25-29-18-24(34-25)21-13-15-23(16-14-21)30-26(31)22-11-9-20(10-12-22)19-7-5-4-6-8-19/h4-16,18H,17H2,1-3H3,(H,30,31). The van der Waals surface area contributed by atoms with Crippen molar-refractivity contribution in [2.24, 2.45) is 5.41 Å². The van der Waals surface area contributed by atoms with Crippen molar-refractivity contribution in [3.63, 3.8) is 0 Å². The van der Waals surface area contributed by atoms with Crippen LogP contribution in [-0.2, 0) is 16.0 Å². The fourth-order valence-electron chi connectivity index (χ4n) is 3.62. The number of esters is 1. The van der Waals surface area contributed by atoms with Crippen LogP contribution in [0.3, 0.4) is 0 Å². The van der Waals surface area contributed by atoms with Crippen molar-refractivity contribution in [3.05, 3.63) is 95.6 Å². The normalized spacial score (nSPS) is 11.1. The van der Waals surface area contributed by atoms with Gasteiger partial charge in [0.25, 0.3) is 5.91 Å². The highest BCUT2D eigenvalue weighted by atomic mass is 32.1. The number of amides is 1. The van der Waals surface area contributed by atoms with E-state index in [1.807, 2.05) is 98.9 Å². The first kappa shape index (κ1) is 23.4. The lowest BCUT2D eigenvalue weighted by Gasteiger charge is -2.19. The van der Waals surface area contributed by atoms with Gasteiger partial charge in [-0.05, 0) is 54.8 Å². The molecule has 1 heterocycles. The summed E-state index contributed by atoms with van der Waals surface area (Å²) in [7, 11) is 1.40. The second-order valence-corrected chi connectivity index (χ2v) is 9.76. The molecule has 1 amide bonds. The predicted octanol–water partition coefficient (Wildman–Crippen LogP) is 6.47. The van der Waals surface area contributed by atoms with Gasteiger partial charge in [-0.15, -0.1) is 11.3 Å². The van der Waals surface area contributed by atoms with Gasteiger partial charge in [-0.3, -0.25) is 9.59 Å². The van der Waals surface area contributed by atoms with Crippen molar-refractivity contribution < 1.29 is 14.3 Å². The highest BCUT2D eigenvalue weighted by molar-refractivity contribution is 7.15. The number of nitrogens with one attached hydrogen (secondary N) is 1. The molecule has 0 aliphatic rings. The van der Waals surface area contributed by atoms with E-state index in [2.05, 4.69) is 10.3 Å². The molecule has 1 N–H and O–H groups in total. The molecule has 0 aliphatic heterocycles. The van der Waals surface area contributed by atoms with Crippen LogP contribution in [0, 0.1) is 5.41 Å². The molecule has 5 nitrogen and oxygen atoms in total. The Morgan fingerprint density at radius 3 is 2.15 bits per heavy atom. The molecule has 0 aliphatic carbocycles. The zero-order chi connectivity index (χ0) is 24.1. The number of ether oxygens (including phenoxy) is 1. The molecule has 0 saturated heterocycles. The zero-order valence-corrected chi connectivity index (χ0v) is 20.2. The quantitative estimate of drug-likeness (QED) is 0.314. The van der Waals surface area contributed by atoms with E-state index in [4.69, 9.17) is 4.74 Å². The smallest absolute Gasteiger partial charge is 0.311 e. The second-order valence-electron chi connectivity index (χ2n) is 8.65. The number of rotatable bonds is 7. The van der Waals surface area contributed by atoms with Crippen LogP contribution < -0.4 is 5.32 Å². The maximum atomic E-state index is 12.7. The van der Waals surface area contributed by atoms with E-state index >= 15 is 0 Å². The van der Waals surface area contributed by atoms with Crippen LogP contribution in [0.2, 0.25) is 0 Å². The SMILES string of the molecule is COC(=O)C(C)(C)Cc1ncc(-c2ccc(NC(=O)c3ccc(-c4ccccc4)cc3)cc2)s1. The molecule has 0 unspecified atom stereocenters. The first-order valence-electron chi connectivity index (χ1n) is 11.0. The maximum absolute atomic E-state index is 12.7. The first-order valence-corrected chi connectivity index (χ1v) is 11.8. The second kappa shape index (κ2) is 10.0. The molecule has 172 valence electrons. The Hall–Kier alpha value is -3.77. The molecule has 0 fully saturated rings. The molecule has 3 aromatic carbocycles. The average molecular weight is 471 g/mol. The number of aromatic nitrogens is 1. The van der Waals surface area contributed by atoms with Crippen molar-refractivity contribution in [3.8, 4) is 21.6 Å². The van der Waals surface area contributed by atoms with Crippen LogP contribution in [0.25, 0.3) is 21.6 Å². The van der Waals surface area contributed by atoms with Gasteiger partial charge in [-0.2, -0.15) is 0 Å². The van der Waals surface area contributed by atoms with Gasteiger partial charge in [-0.1, -0.05) is 54.6 Å². The molecule has 0 bridgehead atoms. The summed E-state index contributed by atoms with van der Waals surface area (Å²) < 4.78 is 4.88. The van der Waals surface area contributed by atoms with Gasteiger partial charge >= 0.3 is 5.97 Å². The Morgan fingerprint density at radius 2 is 1.50 bits per heavy atom. The summed E-state index contributed by atoms with van der Waals surface area (Å²) >= 11 is 1.55. The van der Waals surface area contributed by atoms with Crippen molar-refractivity contribution in [1.82, 2.24) is 4.98 Å². The topological polar surface area (TPSA) is 68.3 Å². The highest BCUT2D eigenvalue weighted by Crippen LogP contribution is 2.31. The minimum Gasteiger partial charge on any atom is -0.469 e. The molecule has 0 radical (unpaired) electrons. The molecule has 34 heavy (non-hydrogen) atoms.